The van der Waals surface area contributed by atoms with Crippen molar-refractivity contribution in [2.75, 3.05) is 12.3 Å². The molecule has 4 heteroatoms. The zero-order valence-electron chi connectivity index (χ0n) is 12.3. The second-order valence-corrected chi connectivity index (χ2v) is 6.13. The summed E-state index contributed by atoms with van der Waals surface area (Å²) in [5, 5.41) is 13.0. The summed E-state index contributed by atoms with van der Waals surface area (Å²) in [4.78, 5) is 12.4. The summed E-state index contributed by atoms with van der Waals surface area (Å²) < 4.78 is 0. The van der Waals surface area contributed by atoms with Gasteiger partial charge in [0.25, 0.3) is 0 Å². The first-order chi connectivity index (χ1) is 9.39. The Morgan fingerprint density at radius 3 is 2.50 bits per heavy atom. The van der Waals surface area contributed by atoms with Crippen molar-refractivity contribution in [2.24, 2.45) is 0 Å². The van der Waals surface area contributed by atoms with Gasteiger partial charge in [-0.05, 0) is 43.9 Å². The Kier molecular flexibility index (Phi) is 4.04. The van der Waals surface area contributed by atoms with E-state index in [1.54, 1.807) is 6.92 Å². The van der Waals surface area contributed by atoms with Crippen LogP contribution >= 0.6 is 0 Å². The molecule has 0 aliphatic heterocycles. The lowest BCUT2D eigenvalue weighted by molar-refractivity contribution is -0.124. The molecule has 1 amide bonds. The van der Waals surface area contributed by atoms with E-state index < -0.39 is 11.0 Å². The van der Waals surface area contributed by atoms with Crippen LogP contribution in [0.25, 0.3) is 0 Å². The van der Waals surface area contributed by atoms with Crippen LogP contribution in [0.4, 0.5) is 5.69 Å². The second kappa shape index (κ2) is 5.44. The zero-order valence-corrected chi connectivity index (χ0v) is 12.3. The van der Waals surface area contributed by atoms with Crippen molar-refractivity contribution >= 4 is 11.6 Å². The van der Waals surface area contributed by atoms with Crippen LogP contribution in [0.2, 0.25) is 0 Å². The van der Waals surface area contributed by atoms with Gasteiger partial charge < -0.3 is 16.2 Å². The van der Waals surface area contributed by atoms with Gasteiger partial charge in [0, 0.05) is 12.2 Å². The highest BCUT2D eigenvalue weighted by molar-refractivity contribution is 5.91. The molecule has 0 aromatic heterocycles. The number of nitrogen functional groups attached to an aromatic ring is 1. The van der Waals surface area contributed by atoms with Gasteiger partial charge in [0.15, 0.2) is 0 Å². The fraction of sp³-hybridized carbons (Fsp3) is 0.562. The molecular formula is C16H24N2O2. The molecule has 1 aliphatic rings. The Morgan fingerprint density at radius 2 is 2.00 bits per heavy atom. The van der Waals surface area contributed by atoms with Gasteiger partial charge in [-0.2, -0.15) is 0 Å². The third kappa shape index (κ3) is 3.12. The van der Waals surface area contributed by atoms with Gasteiger partial charge in [-0.15, -0.1) is 0 Å². The highest BCUT2D eigenvalue weighted by Crippen LogP contribution is 2.48. The Morgan fingerprint density at radius 1 is 1.40 bits per heavy atom. The van der Waals surface area contributed by atoms with Gasteiger partial charge in [-0.25, -0.2) is 0 Å². The number of carbonyl (C=O) groups is 1. The summed E-state index contributed by atoms with van der Waals surface area (Å²) in [5.41, 5.74) is 6.16. The molecule has 1 atom stereocenters. The summed E-state index contributed by atoms with van der Waals surface area (Å²) in [7, 11) is 0. The molecule has 1 aromatic rings. The molecule has 0 spiro atoms. The standard InChI is InChI=1S/C16H24N2O2/c1-3-8-15(2,20)11-18-14(19)16(9-10-16)12-4-6-13(17)7-5-12/h4-7,20H,3,8-11,17H2,1-2H3,(H,18,19). The lowest BCUT2D eigenvalue weighted by atomic mass is 9.94. The first kappa shape index (κ1) is 14.9. The molecule has 0 radical (unpaired) electrons. The van der Waals surface area contributed by atoms with Gasteiger partial charge in [-0.1, -0.05) is 25.5 Å². The van der Waals surface area contributed by atoms with E-state index in [1.807, 2.05) is 31.2 Å². The van der Waals surface area contributed by atoms with Crippen molar-refractivity contribution in [3.63, 3.8) is 0 Å². The molecule has 4 N–H and O–H groups in total. The minimum Gasteiger partial charge on any atom is -0.399 e. The zero-order chi connectivity index (χ0) is 14.8. The lowest BCUT2D eigenvalue weighted by Crippen LogP contribution is -2.44. The number of rotatable bonds is 6. The van der Waals surface area contributed by atoms with Crippen LogP contribution in [0.1, 0.15) is 45.1 Å². The van der Waals surface area contributed by atoms with E-state index in [1.165, 1.54) is 0 Å². The predicted molar refractivity (Wildman–Crippen MR) is 80.3 cm³/mol. The van der Waals surface area contributed by atoms with Crippen molar-refractivity contribution in [1.29, 1.82) is 0 Å². The van der Waals surface area contributed by atoms with Crippen molar-refractivity contribution in [2.45, 2.75) is 50.5 Å². The number of carbonyl (C=O) groups excluding carboxylic acids is 1. The normalized spacial score (nSPS) is 19.1. The third-order valence-electron chi connectivity index (χ3n) is 4.07. The number of hydrogen-bond acceptors (Lipinski definition) is 3. The molecule has 20 heavy (non-hydrogen) atoms. The molecule has 1 unspecified atom stereocenters. The summed E-state index contributed by atoms with van der Waals surface area (Å²) in [6, 6.07) is 7.50. The van der Waals surface area contributed by atoms with Gasteiger partial charge in [0.2, 0.25) is 5.91 Å². The lowest BCUT2D eigenvalue weighted by Gasteiger charge is -2.25. The molecule has 1 fully saturated rings. The van der Waals surface area contributed by atoms with Crippen LogP contribution in [0.3, 0.4) is 0 Å². The molecule has 2 rings (SSSR count). The number of nitrogens with two attached hydrogens (primary N) is 1. The largest absolute Gasteiger partial charge is 0.399 e. The number of benzene rings is 1. The fourth-order valence-electron chi connectivity index (χ4n) is 2.64. The van der Waals surface area contributed by atoms with Crippen molar-refractivity contribution in [1.82, 2.24) is 5.32 Å². The van der Waals surface area contributed by atoms with Gasteiger partial charge >= 0.3 is 0 Å². The molecule has 4 nitrogen and oxygen atoms in total. The van der Waals surface area contributed by atoms with E-state index >= 15 is 0 Å². The number of amides is 1. The maximum Gasteiger partial charge on any atom is 0.230 e. The molecule has 110 valence electrons. The number of anilines is 1. The minimum atomic E-state index is -0.832. The van der Waals surface area contributed by atoms with Gasteiger partial charge in [0.05, 0.1) is 11.0 Å². The smallest absolute Gasteiger partial charge is 0.230 e. The van der Waals surface area contributed by atoms with Gasteiger partial charge in [-0.3, -0.25) is 4.79 Å². The van der Waals surface area contributed by atoms with E-state index in [2.05, 4.69) is 5.32 Å². The van der Waals surface area contributed by atoms with Crippen LogP contribution in [-0.4, -0.2) is 23.2 Å². The monoisotopic (exact) mass is 276 g/mol. The highest BCUT2D eigenvalue weighted by atomic mass is 16.3. The Bertz CT molecular complexity index is 476. The average Bonchev–Trinajstić information content (AvgIpc) is 3.18. The molecule has 0 heterocycles. The van der Waals surface area contributed by atoms with Crippen molar-refractivity contribution in [3.05, 3.63) is 29.8 Å². The van der Waals surface area contributed by atoms with E-state index in [-0.39, 0.29) is 5.91 Å². The molecule has 0 saturated heterocycles. The summed E-state index contributed by atoms with van der Waals surface area (Å²) in [5.74, 6) is 0.0126. The summed E-state index contributed by atoms with van der Waals surface area (Å²) >= 11 is 0. The van der Waals surface area contributed by atoms with E-state index in [0.29, 0.717) is 18.7 Å². The van der Waals surface area contributed by atoms with E-state index in [9.17, 15) is 9.90 Å². The number of nitrogens with one attached hydrogen (secondary N) is 1. The van der Waals surface area contributed by atoms with Crippen LogP contribution in [0.15, 0.2) is 24.3 Å². The topological polar surface area (TPSA) is 75.3 Å². The Hall–Kier alpha value is -1.55. The summed E-state index contributed by atoms with van der Waals surface area (Å²) in [6.45, 7) is 4.09. The second-order valence-electron chi connectivity index (χ2n) is 6.13. The third-order valence-corrected chi connectivity index (χ3v) is 4.07. The first-order valence-corrected chi connectivity index (χ1v) is 7.26. The fourth-order valence-corrected chi connectivity index (χ4v) is 2.64. The molecule has 1 aliphatic carbocycles. The maximum absolute atomic E-state index is 12.4. The maximum atomic E-state index is 12.4. The summed E-state index contributed by atoms with van der Waals surface area (Å²) in [6.07, 6.45) is 3.30. The Balaban J connectivity index is 2.00. The minimum absolute atomic E-state index is 0.0126. The van der Waals surface area contributed by atoms with Crippen LogP contribution in [0.5, 0.6) is 0 Å². The molecule has 1 saturated carbocycles. The first-order valence-electron chi connectivity index (χ1n) is 7.26. The molecule has 1 aromatic carbocycles. The van der Waals surface area contributed by atoms with Crippen molar-refractivity contribution < 1.29 is 9.90 Å². The van der Waals surface area contributed by atoms with Crippen LogP contribution < -0.4 is 11.1 Å². The average molecular weight is 276 g/mol. The Labute approximate surface area is 120 Å². The SMILES string of the molecule is CCCC(C)(O)CNC(=O)C1(c2ccc(N)cc2)CC1. The molecule has 0 bridgehead atoms. The van der Waals surface area contributed by atoms with Gasteiger partial charge in [0.1, 0.15) is 0 Å². The van der Waals surface area contributed by atoms with E-state index in [4.69, 9.17) is 5.73 Å². The molecular weight excluding hydrogens is 252 g/mol. The number of hydrogen-bond donors (Lipinski definition) is 3. The quantitative estimate of drug-likeness (QED) is 0.695. The highest BCUT2D eigenvalue weighted by Gasteiger charge is 2.51. The van der Waals surface area contributed by atoms with E-state index in [0.717, 1.165) is 24.8 Å². The predicted octanol–water partition coefficient (Wildman–Crippen LogP) is 1.97. The number of aliphatic hydroxyl groups is 1. The van der Waals surface area contributed by atoms with Crippen LogP contribution in [-0.2, 0) is 10.2 Å². The van der Waals surface area contributed by atoms with Crippen molar-refractivity contribution in [3.8, 4) is 0 Å². The van der Waals surface area contributed by atoms with Crippen LogP contribution in [0, 0.1) is 0 Å².